The molecule has 0 bridgehead atoms. The summed E-state index contributed by atoms with van der Waals surface area (Å²) in [6.07, 6.45) is 2.12. The number of rotatable bonds is 2. The van der Waals surface area contributed by atoms with E-state index in [-0.39, 0.29) is 5.41 Å². The number of nitrogens with two attached hydrogens (primary N) is 1. The van der Waals surface area contributed by atoms with Gasteiger partial charge in [0.1, 0.15) is 0 Å². The third kappa shape index (κ3) is 2.97. The van der Waals surface area contributed by atoms with Crippen LogP contribution >= 0.6 is 0 Å². The molecular weight excluding hydrogens is 174 g/mol. The van der Waals surface area contributed by atoms with Crippen LogP contribution in [0, 0.1) is 16.7 Å². The number of likely N-dealkylation sites (tertiary alicyclic amines) is 1. The van der Waals surface area contributed by atoms with Crippen molar-refractivity contribution in [2.75, 3.05) is 13.1 Å². The molecule has 0 amide bonds. The van der Waals surface area contributed by atoms with Gasteiger partial charge in [-0.3, -0.25) is 4.90 Å². The van der Waals surface area contributed by atoms with Crippen molar-refractivity contribution in [1.29, 1.82) is 5.26 Å². The summed E-state index contributed by atoms with van der Waals surface area (Å²) in [7, 11) is 0. The van der Waals surface area contributed by atoms with Crippen LogP contribution in [0.5, 0.6) is 0 Å². The summed E-state index contributed by atoms with van der Waals surface area (Å²) in [5.41, 5.74) is 5.65. The average Bonchev–Trinajstić information content (AvgIpc) is 2.10. The lowest BCUT2D eigenvalue weighted by Crippen LogP contribution is -2.48. The monoisotopic (exact) mass is 195 g/mol. The quantitative estimate of drug-likeness (QED) is 0.723. The van der Waals surface area contributed by atoms with Crippen molar-refractivity contribution in [3.63, 3.8) is 0 Å². The summed E-state index contributed by atoms with van der Waals surface area (Å²) in [6.45, 7) is 8.08. The molecule has 3 heteroatoms. The van der Waals surface area contributed by atoms with Crippen LogP contribution in [0.15, 0.2) is 0 Å². The van der Waals surface area contributed by atoms with Gasteiger partial charge in [0, 0.05) is 18.6 Å². The van der Waals surface area contributed by atoms with Gasteiger partial charge in [-0.2, -0.15) is 5.26 Å². The molecule has 0 saturated carbocycles. The zero-order chi connectivity index (χ0) is 10.8. The molecule has 0 radical (unpaired) electrons. The summed E-state index contributed by atoms with van der Waals surface area (Å²) in [5, 5.41) is 8.96. The van der Waals surface area contributed by atoms with Crippen molar-refractivity contribution >= 4 is 0 Å². The molecule has 2 unspecified atom stereocenters. The van der Waals surface area contributed by atoms with E-state index in [1.807, 2.05) is 13.8 Å². The lowest BCUT2D eigenvalue weighted by Gasteiger charge is -2.38. The third-order valence-electron chi connectivity index (χ3n) is 2.96. The fourth-order valence-electron chi connectivity index (χ4n) is 2.04. The van der Waals surface area contributed by atoms with Gasteiger partial charge >= 0.3 is 0 Å². The Morgan fingerprint density at radius 2 is 2.21 bits per heavy atom. The summed E-state index contributed by atoms with van der Waals surface area (Å²) in [6, 6.07) is 3.22. The van der Waals surface area contributed by atoms with Gasteiger partial charge in [0.25, 0.3) is 0 Å². The third-order valence-corrected chi connectivity index (χ3v) is 2.96. The summed E-state index contributed by atoms with van der Waals surface area (Å²) < 4.78 is 0. The van der Waals surface area contributed by atoms with E-state index in [1.165, 1.54) is 0 Å². The highest BCUT2D eigenvalue weighted by atomic mass is 15.2. The van der Waals surface area contributed by atoms with Crippen molar-refractivity contribution in [3.05, 3.63) is 0 Å². The molecule has 2 atom stereocenters. The van der Waals surface area contributed by atoms with Gasteiger partial charge in [-0.15, -0.1) is 0 Å². The Morgan fingerprint density at radius 1 is 1.57 bits per heavy atom. The second-order valence-corrected chi connectivity index (χ2v) is 5.10. The largest absolute Gasteiger partial charge is 0.328 e. The zero-order valence-electron chi connectivity index (χ0n) is 9.45. The van der Waals surface area contributed by atoms with Crippen LogP contribution in [-0.4, -0.2) is 30.1 Å². The molecule has 0 aromatic rings. The van der Waals surface area contributed by atoms with E-state index in [2.05, 4.69) is 17.9 Å². The van der Waals surface area contributed by atoms with Crippen molar-refractivity contribution in [1.82, 2.24) is 4.90 Å². The summed E-state index contributed by atoms with van der Waals surface area (Å²) in [4.78, 5) is 2.38. The van der Waals surface area contributed by atoms with Gasteiger partial charge in [0.05, 0.1) is 11.5 Å². The van der Waals surface area contributed by atoms with Crippen molar-refractivity contribution in [2.45, 2.75) is 45.7 Å². The van der Waals surface area contributed by atoms with Crippen LogP contribution in [0.25, 0.3) is 0 Å². The molecule has 14 heavy (non-hydrogen) atoms. The molecule has 80 valence electrons. The van der Waals surface area contributed by atoms with Gasteiger partial charge in [0.15, 0.2) is 0 Å². The summed E-state index contributed by atoms with van der Waals surface area (Å²) in [5.74, 6) is 0. The molecule has 1 fully saturated rings. The lowest BCUT2D eigenvalue weighted by atomic mass is 9.91. The van der Waals surface area contributed by atoms with E-state index in [0.29, 0.717) is 12.1 Å². The second-order valence-electron chi connectivity index (χ2n) is 5.10. The lowest BCUT2D eigenvalue weighted by molar-refractivity contribution is 0.116. The predicted molar refractivity (Wildman–Crippen MR) is 57.6 cm³/mol. The molecule has 1 aliphatic rings. The van der Waals surface area contributed by atoms with Gasteiger partial charge in [0.2, 0.25) is 0 Å². The normalized spacial score (nSPS) is 29.9. The first kappa shape index (κ1) is 11.5. The number of hydrogen-bond donors (Lipinski definition) is 1. The van der Waals surface area contributed by atoms with Crippen LogP contribution < -0.4 is 5.73 Å². The fourth-order valence-corrected chi connectivity index (χ4v) is 2.04. The molecule has 0 aromatic heterocycles. The fraction of sp³-hybridized carbons (Fsp3) is 0.909. The minimum absolute atomic E-state index is 0.240. The molecule has 1 aliphatic heterocycles. The van der Waals surface area contributed by atoms with Crippen LogP contribution in [0.3, 0.4) is 0 Å². The molecule has 1 heterocycles. The van der Waals surface area contributed by atoms with E-state index in [0.717, 1.165) is 25.9 Å². The van der Waals surface area contributed by atoms with Crippen molar-refractivity contribution in [3.8, 4) is 6.07 Å². The minimum Gasteiger partial charge on any atom is -0.328 e. The second kappa shape index (κ2) is 4.29. The van der Waals surface area contributed by atoms with Gasteiger partial charge in [-0.25, -0.2) is 0 Å². The smallest absolute Gasteiger partial charge is 0.0697 e. The van der Waals surface area contributed by atoms with E-state index < -0.39 is 0 Å². The maximum Gasteiger partial charge on any atom is 0.0697 e. The zero-order valence-corrected chi connectivity index (χ0v) is 9.45. The Balaban J connectivity index is 2.50. The molecule has 0 spiro atoms. The van der Waals surface area contributed by atoms with Gasteiger partial charge < -0.3 is 5.73 Å². The van der Waals surface area contributed by atoms with Crippen LogP contribution in [0.1, 0.15) is 33.6 Å². The molecule has 3 nitrogen and oxygen atoms in total. The Hall–Kier alpha value is -0.590. The van der Waals surface area contributed by atoms with Gasteiger partial charge in [-0.05, 0) is 40.2 Å². The van der Waals surface area contributed by atoms with E-state index >= 15 is 0 Å². The molecule has 0 aromatic carbocycles. The first-order valence-corrected chi connectivity index (χ1v) is 5.35. The first-order chi connectivity index (χ1) is 6.44. The standard InChI is InChI=1S/C11H21N3/c1-9-6-10(13)4-5-14(9)8-11(2,3)7-12/h9-10H,4-6,8,13H2,1-3H3. The highest BCUT2D eigenvalue weighted by Crippen LogP contribution is 2.22. The van der Waals surface area contributed by atoms with Crippen molar-refractivity contribution < 1.29 is 0 Å². The number of nitrogens with zero attached hydrogens (tertiary/aromatic N) is 2. The van der Waals surface area contributed by atoms with Crippen molar-refractivity contribution in [2.24, 2.45) is 11.1 Å². The number of hydrogen-bond acceptors (Lipinski definition) is 3. The van der Waals surface area contributed by atoms with Gasteiger partial charge in [-0.1, -0.05) is 0 Å². The molecule has 2 N–H and O–H groups in total. The molecular formula is C11H21N3. The molecule has 0 aliphatic carbocycles. The highest BCUT2D eigenvalue weighted by Gasteiger charge is 2.28. The average molecular weight is 195 g/mol. The van der Waals surface area contributed by atoms with Crippen LogP contribution in [-0.2, 0) is 0 Å². The Kier molecular flexibility index (Phi) is 3.52. The number of piperidine rings is 1. The minimum atomic E-state index is -0.240. The van der Waals surface area contributed by atoms with E-state index in [4.69, 9.17) is 11.0 Å². The Bertz CT molecular complexity index is 229. The van der Waals surface area contributed by atoms with Crippen LogP contribution in [0.4, 0.5) is 0 Å². The SMILES string of the molecule is CC1CC(N)CCN1CC(C)(C)C#N. The predicted octanol–water partition coefficient (Wildman–Crippen LogP) is 1.35. The molecule has 1 rings (SSSR count). The maximum atomic E-state index is 8.96. The topological polar surface area (TPSA) is 53.0 Å². The molecule has 1 saturated heterocycles. The van der Waals surface area contributed by atoms with Crippen LogP contribution in [0.2, 0.25) is 0 Å². The Morgan fingerprint density at radius 3 is 2.71 bits per heavy atom. The van der Waals surface area contributed by atoms with E-state index in [9.17, 15) is 0 Å². The van der Waals surface area contributed by atoms with E-state index in [1.54, 1.807) is 0 Å². The summed E-state index contributed by atoms with van der Waals surface area (Å²) >= 11 is 0. The Labute approximate surface area is 86.9 Å². The number of nitriles is 1. The maximum absolute atomic E-state index is 8.96. The first-order valence-electron chi connectivity index (χ1n) is 5.35. The highest BCUT2D eigenvalue weighted by molar-refractivity contribution is 4.96.